The first kappa shape index (κ1) is 22.9. The number of hydrogen-bond acceptors (Lipinski definition) is 5. The summed E-state index contributed by atoms with van der Waals surface area (Å²) in [6.45, 7) is 4.87. The molecule has 0 saturated carbocycles. The quantitative estimate of drug-likeness (QED) is 0.513. The maximum absolute atomic E-state index is 13.8. The number of ether oxygens (including phenoxy) is 2. The van der Waals surface area contributed by atoms with Crippen LogP contribution in [0.1, 0.15) is 30.7 Å². The highest BCUT2D eigenvalue weighted by Crippen LogP contribution is 2.30. The van der Waals surface area contributed by atoms with Gasteiger partial charge in [-0.3, -0.25) is 9.59 Å². The SMILES string of the molecule is COC(=O)C(C)(C)COCC(=O)N1CCc2c(n(Cc3cccc(F)c3)c3ncccc23)C1. The number of hydrogen-bond donors (Lipinski definition) is 0. The molecule has 174 valence electrons. The Morgan fingerprint density at radius 2 is 2.03 bits per heavy atom. The van der Waals surface area contributed by atoms with E-state index in [1.54, 1.807) is 31.0 Å². The summed E-state index contributed by atoms with van der Waals surface area (Å²) < 4.78 is 26.2. The van der Waals surface area contributed by atoms with Crippen molar-refractivity contribution >= 4 is 22.9 Å². The molecule has 0 fully saturated rings. The van der Waals surface area contributed by atoms with Gasteiger partial charge in [0.2, 0.25) is 5.91 Å². The van der Waals surface area contributed by atoms with Gasteiger partial charge in [-0.25, -0.2) is 9.37 Å². The average Bonchev–Trinajstić information content (AvgIpc) is 3.11. The van der Waals surface area contributed by atoms with Crippen molar-refractivity contribution in [3.63, 3.8) is 0 Å². The zero-order chi connectivity index (χ0) is 23.6. The van der Waals surface area contributed by atoms with Gasteiger partial charge in [-0.05, 0) is 55.7 Å². The topological polar surface area (TPSA) is 73.7 Å². The Morgan fingerprint density at radius 3 is 2.79 bits per heavy atom. The van der Waals surface area contributed by atoms with E-state index in [1.165, 1.54) is 24.8 Å². The van der Waals surface area contributed by atoms with Crippen LogP contribution in [0.5, 0.6) is 0 Å². The Labute approximate surface area is 192 Å². The second-order valence-electron chi connectivity index (χ2n) is 8.95. The van der Waals surface area contributed by atoms with Crippen molar-refractivity contribution in [1.29, 1.82) is 0 Å². The van der Waals surface area contributed by atoms with Gasteiger partial charge in [-0.15, -0.1) is 0 Å². The molecule has 0 atom stereocenters. The van der Waals surface area contributed by atoms with E-state index in [2.05, 4.69) is 9.55 Å². The summed E-state index contributed by atoms with van der Waals surface area (Å²) in [6.07, 6.45) is 2.45. The van der Waals surface area contributed by atoms with Crippen LogP contribution in [0.15, 0.2) is 42.6 Å². The molecule has 4 rings (SSSR count). The molecule has 7 nitrogen and oxygen atoms in total. The summed E-state index contributed by atoms with van der Waals surface area (Å²) in [5.74, 6) is -0.807. The molecule has 0 spiro atoms. The molecule has 0 radical (unpaired) electrons. The van der Waals surface area contributed by atoms with Gasteiger partial charge in [0.15, 0.2) is 0 Å². The minimum Gasteiger partial charge on any atom is -0.469 e. The number of benzene rings is 1. The molecule has 3 heterocycles. The Kier molecular flexibility index (Phi) is 6.47. The minimum absolute atomic E-state index is 0.0915. The lowest BCUT2D eigenvalue weighted by atomic mass is 9.95. The number of amides is 1. The molecular formula is C25H28FN3O4. The van der Waals surface area contributed by atoms with Crippen molar-refractivity contribution < 1.29 is 23.5 Å². The average molecular weight is 454 g/mol. The molecular weight excluding hydrogens is 425 g/mol. The number of pyridine rings is 1. The Morgan fingerprint density at radius 1 is 1.21 bits per heavy atom. The lowest BCUT2D eigenvalue weighted by molar-refractivity contribution is -0.156. The molecule has 1 aliphatic rings. The highest BCUT2D eigenvalue weighted by atomic mass is 19.1. The normalized spacial score (nSPS) is 13.8. The van der Waals surface area contributed by atoms with Crippen molar-refractivity contribution in [3.05, 3.63) is 65.2 Å². The van der Waals surface area contributed by atoms with Crippen molar-refractivity contribution in [1.82, 2.24) is 14.5 Å². The maximum atomic E-state index is 13.8. The second kappa shape index (κ2) is 9.31. The molecule has 0 bridgehead atoms. The van der Waals surface area contributed by atoms with Crippen LogP contribution in [0.3, 0.4) is 0 Å². The lowest BCUT2D eigenvalue weighted by Crippen LogP contribution is -2.40. The predicted octanol–water partition coefficient (Wildman–Crippen LogP) is 3.32. The highest BCUT2D eigenvalue weighted by molar-refractivity contribution is 5.84. The molecule has 0 aliphatic carbocycles. The molecule has 0 unspecified atom stereocenters. The smallest absolute Gasteiger partial charge is 0.313 e. The minimum atomic E-state index is -0.826. The molecule has 0 saturated heterocycles. The van der Waals surface area contributed by atoms with Crippen molar-refractivity contribution in [3.8, 4) is 0 Å². The third-order valence-electron chi connectivity index (χ3n) is 6.02. The van der Waals surface area contributed by atoms with Crippen molar-refractivity contribution in [2.75, 3.05) is 26.9 Å². The summed E-state index contributed by atoms with van der Waals surface area (Å²) in [7, 11) is 1.33. The van der Waals surface area contributed by atoms with Crippen LogP contribution < -0.4 is 0 Å². The third kappa shape index (κ3) is 4.75. The molecule has 0 N–H and O–H groups in total. The van der Waals surface area contributed by atoms with Gasteiger partial charge in [0.1, 0.15) is 18.1 Å². The molecule has 1 amide bonds. The molecule has 8 heteroatoms. The van der Waals surface area contributed by atoms with E-state index in [-0.39, 0.29) is 30.9 Å². The Hall–Kier alpha value is -3.26. The molecule has 2 aromatic heterocycles. The standard InChI is InChI=1S/C25H28FN3O4/c1-25(2,24(31)32-3)16-33-15-22(30)28-11-9-19-20-8-5-10-27-23(20)29(21(19)14-28)13-17-6-4-7-18(26)12-17/h4-8,10,12H,9,11,13-16H2,1-3H3. The maximum Gasteiger partial charge on any atom is 0.313 e. The Bertz CT molecular complexity index is 1190. The van der Waals surface area contributed by atoms with Gasteiger partial charge in [-0.2, -0.15) is 0 Å². The number of fused-ring (bicyclic) bond motifs is 3. The van der Waals surface area contributed by atoms with E-state index in [0.29, 0.717) is 26.1 Å². The van der Waals surface area contributed by atoms with E-state index < -0.39 is 5.41 Å². The van der Waals surface area contributed by atoms with Crippen molar-refractivity contribution in [2.24, 2.45) is 5.41 Å². The van der Waals surface area contributed by atoms with Crippen LogP contribution in [0.4, 0.5) is 4.39 Å². The van der Waals surface area contributed by atoms with Crippen LogP contribution in [-0.4, -0.2) is 53.2 Å². The zero-order valence-electron chi connectivity index (χ0n) is 19.1. The summed E-state index contributed by atoms with van der Waals surface area (Å²) in [5.41, 5.74) is 3.01. The number of carbonyl (C=O) groups excluding carboxylic acids is 2. The van der Waals surface area contributed by atoms with E-state index in [1.807, 2.05) is 18.2 Å². The summed E-state index contributed by atoms with van der Waals surface area (Å²) in [4.78, 5) is 31.0. The van der Waals surface area contributed by atoms with E-state index in [9.17, 15) is 14.0 Å². The first-order valence-corrected chi connectivity index (χ1v) is 10.9. The lowest BCUT2D eigenvalue weighted by Gasteiger charge is -2.29. The van der Waals surface area contributed by atoms with Gasteiger partial charge in [0.05, 0.1) is 25.7 Å². The first-order chi connectivity index (χ1) is 15.8. The zero-order valence-corrected chi connectivity index (χ0v) is 19.1. The Balaban J connectivity index is 1.53. The fourth-order valence-corrected chi connectivity index (χ4v) is 4.28. The molecule has 1 aromatic carbocycles. The number of rotatable bonds is 7. The fraction of sp³-hybridized carbons (Fsp3) is 0.400. The number of carbonyl (C=O) groups is 2. The van der Waals surface area contributed by atoms with Gasteiger partial charge in [0.25, 0.3) is 0 Å². The molecule has 33 heavy (non-hydrogen) atoms. The summed E-state index contributed by atoms with van der Waals surface area (Å²) in [6, 6.07) is 10.5. The van der Waals surface area contributed by atoms with Gasteiger partial charge in [-0.1, -0.05) is 12.1 Å². The second-order valence-corrected chi connectivity index (χ2v) is 8.95. The van der Waals surface area contributed by atoms with Gasteiger partial charge < -0.3 is 18.9 Å². The highest BCUT2D eigenvalue weighted by Gasteiger charge is 2.31. The molecule has 3 aromatic rings. The summed E-state index contributed by atoms with van der Waals surface area (Å²) in [5, 5.41) is 1.06. The van der Waals surface area contributed by atoms with Gasteiger partial charge in [0, 0.05) is 30.4 Å². The molecule has 1 aliphatic heterocycles. The van der Waals surface area contributed by atoms with Crippen molar-refractivity contribution in [2.45, 2.75) is 33.4 Å². The van der Waals surface area contributed by atoms with Crippen LogP contribution in [0.2, 0.25) is 0 Å². The number of nitrogens with zero attached hydrogens (tertiary/aromatic N) is 3. The van der Waals surface area contributed by atoms with E-state index in [0.717, 1.165) is 22.3 Å². The fourth-order valence-electron chi connectivity index (χ4n) is 4.28. The van der Waals surface area contributed by atoms with Gasteiger partial charge >= 0.3 is 5.97 Å². The summed E-state index contributed by atoms with van der Waals surface area (Å²) >= 11 is 0. The largest absolute Gasteiger partial charge is 0.469 e. The van der Waals surface area contributed by atoms with E-state index in [4.69, 9.17) is 9.47 Å². The van der Waals surface area contributed by atoms with Crippen LogP contribution in [0, 0.1) is 11.2 Å². The van der Waals surface area contributed by atoms with E-state index >= 15 is 0 Å². The number of aromatic nitrogens is 2. The third-order valence-corrected chi connectivity index (χ3v) is 6.02. The van der Waals surface area contributed by atoms with Crippen LogP contribution in [-0.2, 0) is 38.6 Å². The van der Waals surface area contributed by atoms with Crippen LogP contribution in [0.25, 0.3) is 11.0 Å². The monoisotopic (exact) mass is 453 g/mol. The predicted molar refractivity (Wildman–Crippen MR) is 121 cm³/mol. The first-order valence-electron chi connectivity index (χ1n) is 10.9. The number of methoxy groups -OCH3 is 1. The number of halogens is 1. The van der Waals surface area contributed by atoms with Crippen LogP contribution >= 0.6 is 0 Å². The number of esters is 1.